The topological polar surface area (TPSA) is 98.8 Å². The van der Waals surface area contributed by atoms with E-state index in [4.69, 9.17) is 0 Å². The lowest BCUT2D eigenvalue weighted by molar-refractivity contribution is 0.0873. The first-order valence-electron chi connectivity index (χ1n) is 16.3. The molecule has 0 aromatic heterocycles. The molecule has 0 unspecified atom stereocenters. The van der Waals surface area contributed by atoms with Crippen molar-refractivity contribution in [2.75, 3.05) is 20.4 Å². The minimum atomic E-state index is -0.554. The third-order valence-electron chi connectivity index (χ3n) is 9.22. The lowest BCUT2D eigenvalue weighted by atomic mass is 9.83. The predicted octanol–water partition coefficient (Wildman–Crippen LogP) is 9.16. The molecule has 0 fully saturated rings. The van der Waals surface area contributed by atoms with E-state index in [2.05, 4.69) is 10.6 Å². The van der Waals surface area contributed by atoms with E-state index >= 15 is 0 Å². The second-order valence-electron chi connectivity index (χ2n) is 13.0. The van der Waals surface area contributed by atoms with Crippen molar-refractivity contribution in [2.24, 2.45) is 0 Å². The first kappa shape index (κ1) is 30.8. The van der Waals surface area contributed by atoms with Crippen LogP contribution in [0.25, 0.3) is 10.8 Å². The highest BCUT2D eigenvalue weighted by Gasteiger charge is 2.44. The maximum Gasteiger partial charge on any atom is 0.268 e. The van der Waals surface area contributed by atoms with E-state index in [0.29, 0.717) is 34.1 Å². The molecule has 0 atom stereocenters. The highest BCUT2D eigenvalue weighted by Crippen LogP contribution is 2.47. The Bertz CT molecular complexity index is 2310. The molecule has 8 heteroatoms. The quantitative estimate of drug-likeness (QED) is 0.174. The number of hydrogen-bond acceptors (Lipinski definition) is 6. The number of rotatable bonds is 6. The summed E-state index contributed by atoms with van der Waals surface area (Å²) in [5.74, 6) is -2.21. The standard InChI is InChI=1S/C42H32N4O4/c1-23-9-5-13-27(17-23)43-33-21-31-36-35-32(40(48)45(41(49)37(33)35)29-15-7-11-25(3)19-29)22-34(44-28-14-6-10-24(2)18-28)38(36)42(50)46(39(31)47)30-16-8-12-26(4)20-30/h5-22,43-44H,1-4H3. The molecule has 0 saturated carbocycles. The number of nitrogens with one attached hydrogen (secondary N) is 2. The molecule has 0 radical (unpaired) electrons. The van der Waals surface area contributed by atoms with Crippen molar-refractivity contribution in [3.63, 3.8) is 0 Å². The largest absolute Gasteiger partial charge is 0.355 e. The van der Waals surface area contributed by atoms with E-state index < -0.39 is 23.6 Å². The van der Waals surface area contributed by atoms with Crippen molar-refractivity contribution in [1.82, 2.24) is 0 Å². The molecule has 4 amide bonds. The SMILES string of the molecule is Cc1cccc(Nc2cc3c4c(c(Nc5cccc(C)c5)cc5c4c2C(=O)N(c2cccc(C)c2)C5=O)C(=O)N(c2cccc(C)c2)C3=O)c1. The van der Waals surface area contributed by atoms with Gasteiger partial charge in [0.1, 0.15) is 0 Å². The van der Waals surface area contributed by atoms with Crippen LogP contribution in [-0.2, 0) is 0 Å². The molecule has 6 aromatic carbocycles. The summed E-state index contributed by atoms with van der Waals surface area (Å²) < 4.78 is 0. The maximum atomic E-state index is 14.7. The number of nitrogens with zero attached hydrogens (tertiary/aromatic N) is 2. The van der Waals surface area contributed by atoms with Gasteiger partial charge in [0.05, 0.1) is 45.0 Å². The number of amides is 4. The van der Waals surface area contributed by atoms with Gasteiger partial charge in [-0.05, 0) is 111 Å². The Morgan fingerprint density at radius 3 is 1.14 bits per heavy atom. The first-order chi connectivity index (χ1) is 24.1. The Hall–Kier alpha value is -6.54. The summed E-state index contributed by atoms with van der Waals surface area (Å²) in [7, 11) is 0. The van der Waals surface area contributed by atoms with Crippen LogP contribution in [0.5, 0.6) is 0 Å². The third kappa shape index (κ3) is 4.92. The minimum Gasteiger partial charge on any atom is -0.355 e. The van der Waals surface area contributed by atoms with E-state index in [0.717, 1.165) is 22.3 Å². The molecular formula is C42H32N4O4. The third-order valence-corrected chi connectivity index (χ3v) is 9.22. The smallest absolute Gasteiger partial charge is 0.268 e. The van der Waals surface area contributed by atoms with Gasteiger partial charge in [-0.3, -0.25) is 19.2 Å². The molecule has 2 aliphatic rings. The monoisotopic (exact) mass is 656 g/mol. The lowest BCUT2D eigenvalue weighted by Gasteiger charge is -2.34. The molecule has 0 aliphatic carbocycles. The Labute approximate surface area is 289 Å². The van der Waals surface area contributed by atoms with Crippen molar-refractivity contribution >= 4 is 68.5 Å². The zero-order valence-electron chi connectivity index (χ0n) is 27.9. The summed E-state index contributed by atoms with van der Waals surface area (Å²) in [6, 6.07) is 33.0. The molecule has 0 spiro atoms. The fourth-order valence-electron chi connectivity index (χ4n) is 7.02. The van der Waals surface area contributed by atoms with Crippen molar-refractivity contribution < 1.29 is 19.2 Å². The van der Waals surface area contributed by atoms with Gasteiger partial charge in [-0.15, -0.1) is 0 Å². The second kappa shape index (κ2) is 11.6. The molecule has 0 saturated heterocycles. The Balaban J connectivity index is 1.46. The van der Waals surface area contributed by atoms with Crippen LogP contribution < -0.4 is 20.4 Å². The summed E-state index contributed by atoms with van der Waals surface area (Å²) in [5.41, 5.74) is 7.52. The van der Waals surface area contributed by atoms with Crippen LogP contribution in [0.1, 0.15) is 63.7 Å². The van der Waals surface area contributed by atoms with Crippen LogP contribution in [0, 0.1) is 27.7 Å². The Morgan fingerprint density at radius 1 is 0.420 bits per heavy atom. The van der Waals surface area contributed by atoms with Crippen molar-refractivity contribution in [3.8, 4) is 0 Å². The number of carbonyl (C=O) groups excluding carboxylic acids is 4. The molecule has 6 aromatic rings. The van der Waals surface area contributed by atoms with Gasteiger partial charge in [-0.2, -0.15) is 0 Å². The minimum absolute atomic E-state index is 0.203. The number of aryl methyl sites for hydroxylation is 4. The fraction of sp³-hybridized carbons (Fsp3) is 0.0952. The van der Waals surface area contributed by atoms with Crippen LogP contribution in [0.15, 0.2) is 109 Å². The van der Waals surface area contributed by atoms with Gasteiger partial charge in [0.25, 0.3) is 23.6 Å². The summed E-state index contributed by atoms with van der Waals surface area (Å²) in [4.78, 5) is 60.9. The van der Waals surface area contributed by atoms with Crippen molar-refractivity contribution in [1.29, 1.82) is 0 Å². The van der Waals surface area contributed by atoms with Gasteiger partial charge in [0, 0.05) is 22.1 Å². The number of imide groups is 2. The molecule has 244 valence electrons. The normalized spacial score (nSPS) is 13.7. The highest BCUT2D eigenvalue weighted by atomic mass is 16.2. The van der Waals surface area contributed by atoms with E-state index in [9.17, 15) is 19.2 Å². The Morgan fingerprint density at radius 2 is 0.780 bits per heavy atom. The number of anilines is 6. The summed E-state index contributed by atoms with van der Waals surface area (Å²) in [5, 5.41) is 7.32. The van der Waals surface area contributed by atoms with Gasteiger partial charge in [-0.25, -0.2) is 9.80 Å². The van der Waals surface area contributed by atoms with Crippen LogP contribution in [-0.4, -0.2) is 23.6 Å². The first-order valence-corrected chi connectivity index (χ1v) is 16.3. The fourth-order valence-corrected chi connectivity index (χ4v) is 7.02. The summed E-state index contributed by atoms with van der Waals surface area (Å²) >= 11 is 0. The summed E-state index contributed by atoms with van der Waals surface area (Å²) in [6.07, 6.45) is 0. The van der Waals surface area contributed by atoms with Gasteiger partial charge in [0.2, 0.25) is 0 Å². The second-order valence-corrected chi connectivity index (χ2v) is 13.0. The summed E-state index contributed by atoms with van der Waals surface area (Å²) in [6.45, 7) is 7.72. The molecule has 0 bridgehead atoms. The van der Waals surface area contributed by atoms with Crippen LogP contribution in [0.4, 0.5) is 34.1 Å². The highest BCUT2D eigenvalue weighted by molar-refractivity contribution is 6.44. The van der Waals surface area contributed by atoms with Crippen LogP contribution >= 0.6 is 0 Å². The lowest BCUT2D eigenvalue weighted by Crippen LogP contribution is -2.44. The van der Waals surface area contributed by atoms with Gasteiger partial charge in [-0.1, -0.05) is 48.5 Å². The van der Waals surface area contributed by atoms with E-state index in [1.165, 1.54) is 9.80 Å². The average molecular weight is 657 g/mol. The van der Waals surface area contributed by atoms with Gasteiger partial charge < -0.3 is 10.6 Å². The van der Waals surface area contributed by atoms with E-state index in [-0.39, 0.29) is 33.0 Å². The van der Waals surface area contributed by atoms with Gasteiger partial charge in [0.15, 0.2) is 0 Å². The average Bonchev–Trinajstić information content (AvgIpc) is 3.07. The van der Waals surface area contributed by atoms with Crippen LogP contribution in [0.2, 0.25) is 0 Å². The molecule has 50 heavy (non-hydrogen) atoms. The zero-order valence-corrected chi connectivity index (χ0v) is 27.9. The molecule has 8 nitrogen and oxygen atoms in total. The molecular weight excluding hydrogens is 624 g/mol. The molecule has 8 rings (SSSR count). The molecule has 2 heterocycles. The van der Waals surface area contributed by atoms with Gasteiger partial charge >= 0.3 is 0 Å². The van der Waals surface area contributed by atoms with E-state index in [1.807, 2.05) is 88.4 Å². The number of hydrogen-bond donors (Lipinski definition) is 2. The Kier molecular flexibility index (Phi) is 7.11. The van der Waals surface area contributed by atoms with Crippen LogP contribution in [0.3, 0.4) is 0 Å². The number of benzene rings is 6. The number of carbonyl (C=O) groups is 4. The van der Waals surface area contributed by atoms with E-state index in [1.54, 1.807) is 48.5 Å². The zero-order chi connectivity index (χ0) is 34.8. The van der Waals surface area contributed by atoms with Crippen molar-refractivity contribution in [3.05, 3.63) is 154 Å². The molecule has 2 N–H and O–H groups in total. The maximum absolute atomic E-state index is 14.7. The van der Waals surface area contributed by atoms with Crippen molar-refractivity contribution in [2.45, 2.75) is 27.7 Å². The molecule has 2 aliphatic heterocycles. The predicted molar refractivity (Wildman–Crippen MR) is 198 cm³/mol.